The van der Waals surface area contributed by atoms with Crippen molar-refractivity contribution < 1.29 is 9.59 Å². The van der Waals surface area contributed by atoms with Crippen LogP contribution in [0.4, 0.5) is 5.69 Å². The van der Waals surface area contributed by atoms with E-state index in [1.807, 2.05) is 6.07 Å². The predicted octanol–water partition coefficient (Wildman–Crippen LogP) is 2.43. The molecule has 6 nitrogen and oxygen atoms in total. The molecule has 2 aliphatic carbocycles. The molecule has 0 radical (unpaired) electrons. The van der Waals surface area contributed by atoms with Gasteiger partial charge in [-0.3, -0.25) is 14.7 Å². The average molecular weight is 310 g/mol. The molecule has 23 heavy (non-hydrogen) atoms. The smallest absolute Gasteiger partial charge is 0.276 e. The third-order valence-electron chi connectivity index (χ3n) is 4.17. The van der Waals surface area contributed by atoms with Crippen molar-refractivity contribution in [2.75, 3.05) is 5.32 Å². The van der Waals surface area contributed by atoms with Gasteiger partial charge in [-0.2, -0.15) is 5.10 Å². The fourth-order valence-electron chi connectivity index (χ4n) is 2.45. The van der Waals surface area contributed by atoms with Crippen LogP contribution in [0.5, 0.6) is 0 Å². The van der Waals surface area contributed by atoms with Gasteiger partial charge in [-0.25, -0.2) is 0 Å². The number of rotatable bonds is 5. The minimum Gasteiger partial charge on any atom is -0.349 e. The Bertz CT molecular complexity index is 742. The maximum atomic E-state index is 12.2. The van der Waals surface area contributed by atoms with E-state index in [1.165, 1.54) is 0 Å². The maximum absolute atomic E-state index is 12.2. The molecule has 2 saturated carbocycles. The summed E-state index contributed by atoms with van der Waals surface area (Å²) in [5.74, 6) is 0.225. The summed E-state index contributed by atoms with van der Waals surface area (Å²) in [5.41, 5.74) is 2.67. The summed E-state index contributed by atoms with van der Waals surface area (Å²) in [4.78, 5) is 24.1. The van der Waals surface area contributed by atoms with Crippen molar-refractivity contribution in [1.29, 1.82) is 0 Å². The first-order valence-electron chi connectivity index (χ1n) is 7.96. The number of H-pyrrole nitrogens is 1. The van der Waals surface area contributed by atoms with Crippen LogP contribution in [-0.4, -0.2) is 28.1 Å². The topological polar surface area (TPSA) is 86.9 Å². The van der Waals surface area contributed by atoms with Crippen LogP contribution in [0.25, 0.3) is 0 Å². The summed E-state index contributed by atoms with van der Waals surface area (Å²) in [5, 5.41) is 12.7. The van der Waals surface area contributed by atoms with Crippen molar-refractivity contribution in [1.82, 2.24) is 15.5 Å². The number of carbonyl (C=O) groups excluding carboxylic acids is 2. The molecule has 2 aliphatic rings. The number of amides is 2. The van der Waals surface area contributed by atoms with Gasteiger partial charge >= 0.3 is 0 Å². The number of benzene rings is 1. The van der Waals surface area contributed by atoms with E-state index in [2.05, 4.69) is 20.8 Å². The molecule has 0 bridgehead atoms. The molecular formula is C17H18N4O2. The molecule has 0 unspecified atom stereocenters. The highest BCUT2D eigenvalue weighted by molar-refractivity contribution is 6.03. The predicted molar refractivity (Wildman–Crippen MR) is 85.4 cm³/mol. The summed E-state index contributed by atoms with van der Waals surface area (Å²) in [6, 6.07) is 9.04. The van der Waals surface area contributed by atoms with Gasteiger partial charge in [0, 0.05) is 28.9 Å². The molecule has 2 amide bonds. The van der Waals surface area contributed by atoms with Gasteiger partial charge in [0.1, 0.15) is 0 Å². The van der Waals surface area contributed by atoms with Crippen LogP contribution >= 0.6 is 0 Å². The first kappa shape index (κ1) is 14.0. The van der Waals surface area contributed by atoms with Gasteiger partial charge < -0.3 is 10.6 Å². The van der Waals surface area contributed by atoms with Crippen molar-refractivity contribution in [2.24, 2.45) is 0 Å². The summed E-state index contributed by atoms with van der Waals surface area (Å²) >= 11 is 0. The van der Waals surface area contributed by atoms with Gasteiger partial charge in [0.05, 0.1) is 0 Å². The lowest BCUT2D eigenvalue weighted by molar-refractivity contribution is 0.0950. The van der Waals surface area contributed by atoms with E-state index in [4.69, 9.17) is 0 Å². The summed E-state index contributed by atoms with van der Waals surface area (Å²) < 4.78 is 0. The van der Waals surface area contributed by atoms with Crippen molar-refractivity contribution in [3.8, 4) is 0 Å². The fraction of sp³-hybridized carbons (Fsp3) is 0.353. The lowest BCUT2D eigenvalue weighted by Gasteiger charge is -2.06. The molecule has 2 aromatic rings. The van der Waals surface area contributed by atoms with E-state index in [9.17, 15) is 9.59 Å². The van der Waals surface area contributed by atoms with Crippen LogP contribution in [-0.2, 0) is 0 Å². The number of aromatic nitrogens is 2. The Kier molecular flexibility index (Phi) is 3.37. The van der Waals surface area contributed by atoms with Crippen LogP contribution in [0, 0.1) is 0 Å². The number of hydrogen-bond donors (Lipinski definition) is 3. The highest BCUT2D eigenvalue weighted by Gasteiger charge is 2.26. The van der Waals surface area contributed by atoms with Crippen molar-refractivity contribution >= 4 is 17.5 Å². The maximum Gasteiger partial charge on any atom is 0.276 e. The second-order valence-corrected chi connectivity index (χ2v) is 6.26. The molecule has 2 fully saturated rings. The summed E-state index contributed by atoms with van der Waals surface area (Å²) in [7, 11) is 0. The third kappa shape index (κ3) is 3.26. The molecule has 0 aliphatic heterocycles. The van der Waals surface area contributed by atoms with Crippen molar-refractivity contribution in [3.63, 3.8) is 0 Å². The normalized spacial score (nSPS) is 16.9. The van der Waals surface area contributed by atoms with E-state index in [0.717, 1.165) is 31.4 Å². The van der Waals surface area contributed by atoms with Crippen molar-refractivity contribution in [2.45, 2.75) is 37.6 Å². The largest absolute Gasteiger partial charge is 0.349 e. The molecule has 1 heterocycles. The van der Waals surface area contributed by atoms with E-state index >= 15 is 0 Å². The third-order valence-corrected chi connectivity index (χ3v) is 4.17. The molecule has 4 rings (SSSR count). The Labute approximate surface area is 133 Å². The number of aromatic amines is 1. The zero-order valence-corrected chi connectivity index (χ0v) is 12.6. The van der Waals surface area contributed by atoms with Crippen LogP contribution < -0.4 is 10.6 Å². The van der Waals surface area contributed by atoms with Crippen LogP contribution in [0.1, 0.15) is 58.1 Å². The molecule has 0 atom stereocenters. The highest BCUT2D eigenvalue weighted by Crippen LogP contribution is 2.39. The number of hydrogen-bond acceptors (Lipinski definition) is 3. The van der Waals surface area contributed by atoms with Crippen LogP contribution in [0.15, 0.2) is 30.3 Å². The lowest BCUT2D eigenvalue weighted by Crippen LogP contribution is -2.25. The first-order chi connectivity index (χ1) is 11.2. The molecule has 0 spiro atoms. The number of nitrogens with one attached hydrogen (secondary N) is 3. The fourth-order valence-corrected chi connectivity index (χ4v) is 2.45. The number of anilines is 1. The molecule has 1 aromatic carbocycles. The Morgan fingerprint density at radius 2 is 1.78 bits per heavy atom. The van der Waals surface area contributed by atoms with Gasteiger partial charge in [0.2, 0.25) is 0 Å². The standard InChI is InChI=1S/C17H18N4O2/c22-16(18-13-7-8-13)11-3-5-12(6-4-11)19-17(23)15-9-14(20-21-15)10-1-2-10/h3-6,9-10,13H,1-2,7-8H2,(H,18,22)(H,19,23)(H,20,21). The Balaban J connectivity index is 1.39. The Hall–Kier alpha value is -2.63. The van der Waals surface area contributed by atoms with Gasteiger partial charge in [-0.05, 0) is 56.0 Å². The molecular weight excluding hydrogens is 292 g/mol. The van der Waals surface area contributed by atoms with Gasteiger partial charge in [-0.15, -0.1) is 0 Å². The lowest BCUT2D eigenvalue weighted by atomic mass is 10.2. The van der Waals surface area contributed by atoms with Crippen LogP contribution in [0.3, 0.4) is 0 Å². The zero-order valence-electron chi connectivity index (χ0n) is 12.6. The Morgan fingerprint density at radius 3 is 2.43 bits per heavy atom. The molecule has 6 heteroatoms. The number of nitrogens with zero attached hydrogens (tertiary/aromatic N) is 1. The minimum atomic E-state index is -0.247. The number of carbonyl (C=O) groups is 2. The van der Waals surface area contributed by atoms with Crippen molar-refractivity contribution in [3.05, 3.63) is 47.3 Å². The van der Waals surface area contributed by atoms with E-state index in [1.54, 1.807) is 24.3 Å². The van der Waals surface area contributed by atoms with E-state index < -0.39 is 0 Å². The van der Waals surface area contributed by atoms with Gasteiger partial charge in [0.15, 0.2) is 5.69 Å². The first-order valence-corrected chi connectivity index (χ1v) is 7.96. The highest BCUT2D eigenvalue weighted by atomic mass is 16.2. The molecule has 1 aromatic heterocycles. The average Bonchev–Trinajstić information content (AvgIpc) is 3.49. The van der Waals surface area contributed by atoms with E-state index in [0.29, 0.717) is 28.9 Å². The second-order valence-electron chi connectivity index (χ2n) is 6.26. The summed E-state index contributed by atoms with van der Waals surface area (Å²) in [6.07, 6.45) is 4.44. The van der Waals surface area contributed by atoms with Crippen LogP contribution in [0.2, 0.25) is 0 Å². The van der Waals surface area contributed by atoms with Gasteiger partial charge in [-0.1, -0.05) is 0 Å². The minimum absolute atomic E-state index is 0.0632. The molecule has 0 saturated heterocycles. The monoisotopic (exact) mass is 310 g/mol. The molecule has 118 valence electrons. The summed E-state index contributed by atoms with van der Waals surface area (Å²) in [6.45, 7) is 0. The van der Waals surface area contributed by atoms with Gasteiger partial charge in [0.25, 0.3) is 11.8 Å². The SMILES string of the molecule is O=C(NC1CC1)c1ccc(NC(=O)c2cc(C3CC3)[nH]n2)cc1. The Morgan fingerprint density at radius 1 is 1.04 bits per heavy atom. The van der Waals surface area contributed by atoms with E-state index in [-0.39, 0.29) is 11.8 Å². The zero-order chi connectivity index (χ0) is 15.8. The quantitative estimate of drug-likeness (QED) is 0.792. The molecule has 3 N–H and O–H groups in total. The second kappa shape index (κ2) is 5.53.